The number of hydrogen-bond donors (Lipinski definition) is 1. The van der Waals surface area contributed by atoms with Crippen LogP contribution in [-0.4, -0.2) is 49.6 Å². The Morgan fingerprint density at radius 3 is 2.67 bits per heavy atom. The van der Waals surface area contributed by atoms with Gasteiger partial charge in [-0.3, -0.25) is 0 Å². The second-order valence-corrected chi connectivity index (χ2v) is 5.68. The summed E-state index contributed by atoms with van der Waals surface area (Å²) >= 11 is 0. The summed E-state index contributed by atoms with van der Waals surface area (Å²) in [6.45, 7) is 2.87. The molecule has 0 radical (unpaired) electrons. The van der Waals surface area contributed by atoms with Crippen molar-refractivity contribution in [2.75, 3.05) is 26.8 Å². The average molecular weight is 274 g/mol. The molecule has 0 spiro atoms. The van der Waals surface area contributed by atoms with Gasteiger partial charge in [0.2, 0.25) is 0 Å². The van der Waals surface area contributed by atoms with Crippen molar-refractivity contribution in [1.29, 1.82) is 0 Å². The van der Waals surface area contributed by atoms with Gasteiger partial charge in [0.05, 0.1) is 13.2 Å². The Labute approximate surface area is 107 Å². The summed E-state index contributed by atoms with van der Waals surface area (Å²) < 4.78 is 30.5. The fourth-order valence-corrected chi connectivity index (χ4v) is 2.33. The third kappa shape index (κ3) is 3.74. The van der Waals surface area contributed by atoms with Gasteiger partial charge in [0, 0.05) is 26.4 Å². The molecule has 0 aliphatic rings. The van der Waals surface area contributed by atoms with Crippen molar-refractivity contribution in [3.63, 3.8) is 0 Å². The van der Waals surface area contributed by atoms with E-state index in [1.165, 1.54) is 29.7 Å². The predicted molar refractivity (Wildman–Crippen MR) is 66.5 cm³/mol. The van der Waals surface area contributed by atoms with Crippen LogP contribution >= 0.6 is 0 Å². The van der Waals surface area contributed by atoms with Gasteiger partial charge in [-0.05, 0) is 18.6 Å². The molecule has 0 aliphatic heterocycles. The first kappa shape index (κ1) is 15.0. The molecule has 18 heavy (non-hydrogen) atoms. The fourth-order valence-electron chi connectivity index (χ4n) is 1.27. The molecule has 7 heteroatoms. The number of sulfonamides is 1. The topological polar surface area (TPSA) is 79.7 Å². The maximum absolute atomic E-state index is 12.1. The highest BCUT2D eigenvalue weighted by molar-refractivity contribution is 7.89. The summed E-state index contributed by atoms with van der Waals surface area (Å²) in [5.74, 6) is 0. The largest absolute Gasteiger partial charge is 0.392 e. The molecule has 6 nitrogen and oxygen atoms in total. The van der Waals surface area contributed by atoms with Crippen molar-refractivity contribution in [2.45, 2.75) is 18.6 Å². The van der Waals surface area contributed by atoms with Gasteiger partial charge in [-0.2, -0.15) is 4.31 Å². The molecule has 0 bridgehead atoms. The molecule has 1 heterocycles. The molecule has 1 aromatic heterocycles. The lowest BCUT2D eigenvalue weighted by atomic mass is 10.3. The molecule has 0 saturated heterocycles. The third-order valence-corrected chi connectivity index (χ3v) is 4.18. The number of aliphatic hydroxyl groups is 1. The van der Waals surface area contributed by atoms with Gasteiger partial charge in [-0.25, -0.2) is 13.4 Å². The average Bonchev–Trinajstić information content (AvgIpc) is 2.39. The lowest BCUT2D eigenvalue weighted by Gasteiger charge is -2.16. The molecule has 0 unspecified atom stereocenters. The molecular weight excluding hydrogens is 256 g/mol. The van der Waals surface area contributed by atoms with Crippen LogP contribution in [0.25, 0.3) is 0 Å². The van der Waals surface area contributed by atoms with Crippen molar-refractivity contribution in [2.24, 2.45) is 0 Å². The molecule has 1 rings (SSSR count). The van der Waals surface area contributed by atoms with Crippen LogP contribution in [0.2, 0.25) is 0 Å². The molecule has 0 aliphatic carbocycles. The molecule has 0 amide bonds. The molecule has 1 aromatic rings. The van der Waals surface area contributed by atoms with Crippen molar-refractivity contribution >= 4 is 10.0 Å². The molecule has 0 saturated carbocycles. The smallest absolute Gasteiger partial charge is 0.260 e. The fraction of sp³-hybridized carbons (Fsp3) is 0.545. The number of hydrogen-bond acceptors (Lipinski definition) is 5. The zero-order valence-electron chi connectivity index (χ0n) is 10.5. The first-order chi connectivity index (χ1) is 8.52. The molecule has 102 valence electrons. The molecule has 0 atom stereocenters. The summed E-state index contributed by atoms with van der Waals surface area (Å²) in [5.41, 5.74) is 0.575. The first-order valence-corrected chi connectivity index (χ1v) is 7.06. The van der Waals surface area contributed by atoms with E-state index in [-0.39, 0.29) is 18.2 Å². The number of aliphatic hydroxyl groups excluding tert-OH is 1. The summed E-state index contributed by atoms with van der Waals surface area (Å²) in [6.07, 6.45) is 1.35. The van der Waals surface area contributed by atoms with Crippen molar-refractivity contribution < 1.29 is 18.3 Å². The minimum Gasteiger partial charge on any atom is -0.392 e. The quantitative estimate of drug-likeness (QED) is 0.720. The van der Waals surface area contributed by atoms with E-state index in [2.05, 4.69) is 4.98 Å². The van der Waals surface area contributed by atoms with Crippen molar-refractivity contribution in [3.8, 4) is 0 Å². The van der Waals surface area contributed by atoms with Crippen LogP contribution in [0.15, 0.2) is 23.4 Å². The Balaban J connectivity index is 2.77. The maximum atomic E-state index is 12.1. The second kappa shape index (κ2) is 6.79. The van der Waals surface area contributed by atoms with Crippen LogP contribution in [-0.2, 0) is 21.4 Å². The lowest BCUT2D eigenvalue weighted by molar-refractivity contribution is 0.138. The van der Waals surface area contributed by atoms with Crippen LogP contribution < -0.4 is 0 Å². The van der Waals surface area contributed by atoms with E-state index in [1.807, 2.05) is 6.92 Å². The Morgan fingerprint density at radius 1 is 1.44 bits per heavy atom. The normalized spacial score (nSPS) is 12.0. The van der Waals surface area contributed by atoms with E-state index < -0.39 is 10.0 Å². The highest BCUT2D eigenvalue weighted by atomic mass is 32.2. The number of pyridine rings is 1. The number of rotatable bonds is 7. The zero-order valence-corrected chi connectivity index (χ0v) is 11.4. The third-order valence-electron chi connectivity index (χ3n) is 2.41. The zero-order chi connectivity index (χ0) is 13.6. The summed E-state index contributed by atoms with van der Waals surface area (Å²) in [4.78, 5) is 3.84. The Morgan fingerprint density at radius 2 is 2.17 bits per heavy atom. The number of nitrogens with zero attached hydrogens (tertiary/aromatic N) is 2. The van der Waals surface area contributed by atoms with E-state index in [9.17, 15) is 8.42 Å². The minimum atomic E-state index is -3.58. The summed E-state index contributed by atoms with van der Waals surface area (Å²) in [6, 6.07) is 2.92. The van der Waals surface area contributed by atoms with Gasteiger partial charge in [-0.1, -0.05) is 6.07 Å². The second-order valence-electron chi connectivity index (χ2n) is 3.69. The van der Waals surface area contributed by atoms with Crippen LogP contribution in [0.3, 0.4) is 0 Å². The summed E-state index contributed by atoms with van der Waals surface area (Å²) in [7, 11) is -2.10. The van der Waals surface area contributed by atoms with Gasteiger partial charge >= 0.3 is 0 Å². The SMILES string of the molecule is CCOCCN(C)S(=O)(=O)c1ccc(CO)cn1. The van der Waals surface area contributed by atoms with Gasteiger partial charge in [-0.15, -0.1) is 0 Å². The molecule has 0 fully saturated rings. The lowest BCUT2D eigenvalue weighted by Crippen LogP contribution is -2.30. The van der Waals surface area contributed by atoms with Crippen LogP contribution in [0.5, 0.6) is 0 Å². The highest BCUT2D eigenvalue weighted by Gasteiger charge is 2.21. The highest BCUT2D eigenvalue weighted by Crippen LogP contribution is 2.11. The van der Waals surface area contributed by atoms with E-state index >= 15 is 0 Å². The van der Waals surface area contributed by atoms with E-state index in [0.29, 0.717) is 18.8 Å². The van der Waals surface area contributed by atoms with Crippen molar-refractivity contribution in [3.05, 3.63) is 23.9 Å². The van der Waals surface area contributed by atoms with Gasteiger partial charge in [0.15, 0.2) is 5.03 Å². The van der Waals surface area contributed by atoms with E-state index in [0.717, 1.165) is 0 Å². The molecular formula is C11H18N2O4S. The van der Waals surface area contributed by atoms with Crippen LogP contribution in [0.1, 0.15) is 12.5 Å². The van der Waals surface area contributed by atoms with Gasteiger partial charge in [0.25, 0.3) is 10.0 Å². The maximum Gasteiger partial charge on any atom is 0.260 e. The molecule has 0 aromatic carbocycles. The van der Waals surface area contributed by atoms with Gasteiger partial charge < -0.3 is 9.84 Å². The van der Waals surface area contributed by atoms with E-state index in [4.69, 9.17) is 9.84 Å². The van der Waals surface area contributed by atoms with Crippen LogP contribution in [0.4, 0.5) is 0 Å². The van der Waals surface area contributed by atoms with Gasteiger partial charge in [0.1, 0.15) is 0 Å². The number of likely N-dealkylation sites (N-methyl/N-ethyl adjacent to an activating group) is 1. The number of aromatic nitrogens is 1. The summed E-state index contributed by atoms with van der Waals surface area (Å²) in [5, 5.41) is 8.84. The Hall–Kier alpha value is -1.02. The van der Waals surface area contributed by atoms with Crippen LogP contribution in [0, 0.1) is 0 Å². The minimum absolute atomic E-state index is 0.0290. The first-order valence-electron chi connectivity index (χ1n) is 5.62. The number of ether oxygens (including phenoxy) is 1. The Kier molecular flexibility index (Phi) is 5.67. The van der Waals surface area contributed by atoms with Crippen molar-refractivity contribution in [1.82, 2.24) is 9.29 Å². The Bertz CT molecular complexity index is 458. The predicted octanol–water partition coefficient (Wildman–Crippen LogP) is 0.231. The standard InChI is InChI=1S/C11H18N2O4S/c1-3-17-7-6-13(2)18(15,16)11-5-4-10(9-14)8-12-11/h4-5,8,14H,3,6-7,9H2,1-2H3. The monoisotopic (exact) mass is 274 g/mol. The molecule has 1 N–H and O–H groups in total. The van der Waals surface area contributed by atoms with E-state index in [1.54, 1.807) is 0 Å².